The quantitative estimate of drug-likeness (QED) is 0.510. The van der Waals surface area contributed by atoms with Gasteiger partial charge in [-0.25, -0.2) is 0 Å². The fourth-order valence-corrected chi connectivity index (χ4v) is 1.31. The summed E-state index contributed by atoms with van der Waals surface area (Å²) in [6.07, 6.45) is 3.85. The normalized spacial score (nSPS) is 9.59. The van der Waals surface area contributed by atoms with Crippen LogP contribution in [0, 0.1) is 11.3 Å². The molecule has 0 aliphatic rings. The number of nitriles is 1. The minimum absolute atomic E-state index is 0.503. The van der Waals surface area contributed by atoms with Crippen molar-refractivity contribution in [3.63, 3.8) is 0 Å². The monoisotopic (exact) mass is 231 g/mol. The molecular formula is C14H17NO2. The first-order valence-electron chi connectivity index (χ1n) is 5.68. The molecule has 0 atom stereocenters. The minimum Gasteiger partial charge on any atom is -0.491 e. The van der Waals surface area contributed by atoms with Crippen LogP contribution in [0.15, 0.2) is 36.9 Å². The van der Waals surface area contributed by atoms with Crippen LogP contribution in [-0.4, -0.2) is 19.8 Å². The molecule has 1 aromatic rings. The average Bonchev–Trinajstić information content (AvgIpc) is 2.38. The Kier molecular flexibility index (Phi) is 6.54. The summed E-state index contributed by atoms with van der Waals surface area (Å²) in [5.74, 6) is 0.707. The van der Waals surface area contributed by atoms with Gasteiger partial charge in [-0.1, -0.05) is 12.1 Å². The van der Waals surface area contributed by atoms with Crippen LogP contribution in [0.1, 0.15) is 18.4 Å². The summed E-state index contributed by atoms with van der Waals surface area (Å²) in [5, 5.41) is 8.72. The fourth-order valence-electron chi connectivity index (χ4n) is 1.31. The zero-order valence-electron chi connectivity index (χ0n) is 9.89. The first-order chi connectivity index (χ1) is 8.36. The Balaban J connectivity index is 2.13. The molecule has 0 unspecified atom stereocenters. The van der Waals surface area contributed by atoms with E-state index in [1.807, 2.05) is 12.1 Å². The summed E-state index contributed by atoms with van der Waals surface area (Å²) < 4.78 is 10.8. The van der Waals surface area contributed by atoms with Crippen LogP contribution in [0.25, 0.3) is 0 Å². The molecule has 3 heteroatoms. The lowest BCUT2D eigenvalue weighted by Crippen LogP contribution is -2.07. The third-order valence-corrected chi connectivity index (χ3v) is 2.16. The Hall–Kier alpha value is -1.79. The Morgan fingerprint density at radius 1 is 1.29 bits per heavy atom. The van der Waals surface area contributed by atoms with E-state index in [1.54, 1.807) is 18.2 Å². The Bertz CT molecular complexity index is 382. The molecule has 1 rings (SSSR count). The molecule has 1 aromatic carbocycles. The lowest BCUT2D eigenvalue weighted by atomic mass is 10.2. The smallest absolute Gasteiger partial charge is 0.120 e. The van der Waals surface area contributed by atoms with Crippen LogP contribution < -0.4 is 4.74 Å². The zero-order chi connectivity index (χ0) is 12.3. The molecule has 3 nitrogen and oxygen atoms in total. The van der Waals surface area contributed by atoms with Crippen molar-refractivity contribution in [1.82, 2.24) is 0 Å². The van der Waals surface area contributed by atoms with Gasteiger partial charge in [-0.2, -0.15) is 5.26 Å². The van der Waals surface area contributed by atoms with E-state index in [-0.39, 0.29) is 0 Å². The summed E-state index contributed by atoms with van der Waals surface area (Å²) in [6.45, 7) is 5.44. The predicted molar refractivity (Wildman–Crippen MR) is 66.9 cm³/mol. The summed E-state index contributed by atoms with van der Waals surface area (Å²) >= 11 is 0. The van der Waals surface area contributed by atoms with Crippen LogP contribution in [0.5, 0.6) is 5.75 Å². The maximum Gasteiger partial charge on any atom is 0.120 e. The number of hydrogen-bond acceptors (Lipinski definition) is 3. The maximum absolute atomic E-state index is 8.72. The van der Waals surface area contributed by atoms with Gasteiger partial charge in [0.1, 0.15) is 12.4 Å². The molecule has 0 fully saturated rings. The number of rotatable bonds is 8. The molecule has 0 saturated carbocycles. The third-order valence-electron chi connectivity index (χ3n) is 2.16. The molecule has 0 heterocycles. The van der Waals surface area contributed by atoms with Gasteiger partial charge in [0.2, 0.25) is 0 Å². The van der Waals surface area contributed by atoms with Gasteiger partial charge >= 0.3 is 0 Å². The Labute approximate surface area is 102 Å². The second kappa shape index (κ2) is 8.37. The molecule has 0 amide bonds. The van der Waals surface area contributed by atoms with Crippen molar-refractivity contribution in [3.8, 4) is 11.8 Å². The lowest BCUT2D eigenvalue weighted by Gasteiger charge is -2.06. The van der Waals surface area contributed by atoms with Crippen molar-refractivity contribution in [3.05, 3.63) is 42.5 Å². The van der Waals surface area contributed by atoms with Gasteiger partial charge in [-0.05, 0) is 31.0 Å². The number of allylic oxidation sites excluding steroid dienone is 1. The van der Waals surface area contributed by atoms with Gasteiger partial charge in [0.15, 0.2) is 0 Å². The molecule has 0 aromatic heterocycles. The molecule has 0 spiro atoms. The molecular weight excluding hydrogens is 214 g/mol. The first kappa shape index (κ1) is 13.3. The van der Waals surface area contributed by atoms with E-state index in [0.717, 1.165) is 19.4 Å². The van der Waals surface area contributed by atoms with Gasteiger partial charge in [0, 0.05) is 6.61 Å². The van der Waals surface area contributed by atoms with Crippen molar-refractivity contribution >= 4 is 0 Å². The number of benzene rings is 1. The van der Waals surface area contributed by atoms with Crippen LogP contribution in [0.3, 0.4) is 0 Å². The molecule has 0 aliphatic carbocycles. The molecule has 17 heavy (non-hydrogen) atoms. The van der Waals surface area contributed by atoms with E-state index in [4.69, 9.17) is 14.7 Å². The van der Waals surface area contributed by atoms with Gasteiger partial charge < -0.3 is 9.47 Å². The number of unbranched alkanes of at least 4 members (excludes halogenated alkanes) is 1. The summed E-state index contributed by atoms with van der Waals surface area (Å²) in [4.78, 5) is 0. The summed E-state index contributed by atoms with van der Waals surface area (Å²) in [6, 6.07) is 9.18. The van der Waals surface area contributed by atoms with E-state index < -0.39 is 0 Å². The van der Waals surface area contributed by atoms with Gasteiger partial charge in [0.25, 0.3) is 0 Å². The highest BCUT2D eigenvalue weighted by Crippen LogP contribution is 2.12. The highest BCUT2D eigenvalue weighted by atomic mass is 16.5. The fraction of sp³-hybridized carbons (Fsp3) is 0.357. The van der Waals surface area contributed by atoms with Crippen molar-refractivity contribution in [2.24, 2.45) is 0 Å². The van der Waals surface area contributed by atoms with E-state index in [0.29, 0.717) is 24.5 Å². The SMILES string of the molecule is C=CCCCOCCOc1cccc(C#N)c1. The van der Waals surface area contributed by atoms with E-state index >= 15 is 0 Å². The van der Waals surface area contributed by atoms with Crippen LogP contribution in [0.4, 0.5) is 0 Å². The largest absolute Gasteiger partial charge is 0.491 e. The molecule has 0 N–H and O–H groups in total. The van der Waals surface area contributed by atoms with Crippen molar-refractivity contribution < 1.29 is 9.47 Å². The van der Waals surface area contributed by atoms with Crippen LogP contribution in [0.2, 0.25) is 0 Å². The number of ether oxygens (including phenoxy) is 2. The summed E-state index contributed by atoms with van der Waals surface area (Å²) in [7, 11) is 0. The maximum atomic E-state index is 8.72. The summed E-state index contributed by atoms with van der Waals surface area (Å²) in [5.41, 5.74) is 0.606. The highest BCUT2D eigenvalue weighted by Gasteiger charge is 1.95. The second-order valence-corrected chi connectivity index (χ2v) is 3.53. The molecule has 0 saturated heterocycles. The van der Waals surface area contributed by atoms with E-state index in [1.165, 1.54) is 0 Å². The van der Waals surface area contributed by atoms with Crippen LogP contribution in [-0.2, 0) is 4.74 Å². The number of hydrogen-bond donors (Lipinski definition) is 0. The number of nitrogens with zero attached hydrogens (tertiary/aromatic N) is 1. The van der Waals surface area contributed by atoms with Gasteiger partial charge in [0.05, 0.1) is 18.2 Å². The van der Waals surface area contributed by atoms with Crippen LogP contribution >= 0.6 is 0 Å². The molecule has 90 valence electrons. The zero-order valence-corrected chi connectivity index (χ0v) is 9.89. The lowest BCUT2D eigenvalue weighted by molar-refractivity contribution is 0.0988. The third kappa shape index (κ3) is 5.74. The molecule has 0 bridgehead atoms. The molecule has 0 aliphatic heterocycles. The van der Waals surface area contributed by atoms with Gasteiger partial charge in [-0.3, -0.25) is 0 Å². The highest BCUT2D eigenvalue weighted by molar-refractivity contribution is 5.36. The Morgan fingerprint density at radius 3 is 2.94 bits per heavy atom. The van der Waals surface area contributed by atoms with Crippen molar-refractivity contribution in [2.45, 2.75) is 12.8 Å². The first-order valence-corrected chi connectivity index (χ1v) is 5.68. The molecule has 0 radical (unpaired) electrons. The minimum atomic E-state index is 0.503. The second-order valence-electron chi connectivity index (χ2n) is 3.53. The van der Waals surface area contributed by atoms with Gasteiger partial charge in [-0.15, -0.1) is 6.58 Å². The standard InChI is InChI=1S/C14H17NO2/c1-2-3-4-8-16-9-10-17-14-7-5-6-13(11-14)12-15/h2,5-7,11H,1,3-4,8-10H2. The average molecular weight is 231 g/mol. The Morgan fingerprint density at radius 2 is 2.18 bits per heavy atom. The van der Waals surface area contributed by atoms with E-state index in [2.05, 4.69) is 12.6 Å². The predicted octanol–water partition coefficient (Wildman–Crippen LogP) is 2.92. The van der Waals surface area contributed by atoms with Crippen molar-refractivity contribution in [2.75, 3.05) is 19.8 Å². The van der Waals surface area contributed by atoms with Crippen molar-refractivity contribution in [1.29, 1.82) is 5.26 Å². The topological polar surface area (TPSA) is 42.2 Å². The van der Waals surface area contributed by atoms with E-state index in [9.17, 15) is 0 Å².